The zero-order valence-electron chi connectivity index (χ0n) is 36.5. The number of rotatable bonds is 40. The fourth-order valence-corrected chi connectivity index (χ4v) is 6.44. The molecule has 0 fully saturated rings. The van der Waals surface area contributed by atoms with Crippen molar-refractivity contribution in [2.24, 2.45) is 0 Å². The van der Waals surface area contributed by atoms with Crippen molar-refractivity contribution in [3.63, 3.8) is 0 Å². The molecule has 0 saturated carbocycles. The van der Waals surface area contributed by atoms with E-state index in [4.69, 9.17) is 23.8 Å². The molecule has 0 aromatic carbocycles. The number of allylic oxidation sites excluding steroid dienone is 11. The summed E-state index contributed by atoms with van der Waals surface area (Å²) in [6.07, 6.45) is 35.0. The first-order valence-corrected chi connectivity index (χ1v) is 24.8. The van der Waals surface area contributed by atoms with E-state index in [2.05, 4.69) is 71.5 Å². The van der Waals surface area contributed by atoms with Crippen molar-refractivity contribution < 1.29 is 71.8 Å². The number of phosphoric acid groups is 2. The molecule has 0 aliphatic carbocycles. The summed E-state index contributed by atoms with van der Waals surface area (Å²) in [5.74, 6) is -1.37. The van der Waals surface area contributed by atoms with Gasteiger partial charge in [0.05, 0.1) is 32.0 Å². The van der Waals surface area contributed by atoms with E-state index in [0.29, 0.717) is 19.3 Å². The smallest absolute Gasteiger partial charge is 0.462 e. The molecule has 6 N–H and O–H groups in total. The van der Waals surface area contributed by atoms with Gasteiger partial charge < -0.3 is 39.5 Å². The third kappa shape index (κ3) is 41.3. The summed E-state index contributed by atoms with van der Waals surface area (Å²) in [6, 6.07) is 0. The Labute approximate surface area is 364 Å². The van der Waals surface area contributed by atoms with Crippen LogP contribution in [0.3, 0.4) is 0 Å². The molecular formula is C44H76O15P2. The monoisotopic (exact) mass is 906 g/mol. The molecule has 0 bridgehead atoms. The van der Waals surface area contributed by atoms with Crippen molar-refractivity contribution in [3.8, 4) is 0 Å². The Morgan fingerprint density at radius 1 is 0.525 bits per heavy atom. The first kappa shape index (κ1) is 58.5. The second kappa shape index (κ2) is 39.1. The van der Waals surface area contributed by atoms with Crippen LogP contribution in [-0.2, 0) is 41.8 Å². The van der Waals surface area contributed by atoms with Crippen LogP contribution in [0.1, 0.15) is 142 Å². The van der Waals surface area contributed by atoms with Crippen LogP contribution in [0.4, 0.5) is 0 Å². The lowest BCUT2D eigenvalue weighted by molar-refractivity contribution is -0.161. The van der Waals surface area contributed by atoms with E-state index in [9.17, 15) is 38.9 Å². The fraction of sp³-hybridized carbons (Fsp3) is 0.682. The maximum atomic E-state index is 12.7. The Morgan fingerprint density at radius 3 is 1.51 bits per heavy atom. The molecule has 0 heterocycles. The number of esters is 2. The summed E-state index contributed by atoms with van der Waals surface area (Å²) in [7, 11) is -9.79. The van der Waals surface area contributed by atoms with Crippen LogP contribution in [0, 0.1) is 0 Å². The minimum absolute atomic E-state index is 0.0186. The lowest BCUT2D eigenvalue weighted by Gasteiger charge is -2.20. The number of hydrogen-bond donors (Lipinski definition) is 6. The van der Waals surface area contributed by atoms with Gasteiger partial charge in [-0.15, -0.1) is 0 Å². The van der Waals surface area contributed by atoms with Gasteiger partial charge in [0.2, 0.25) is 0 Å². The van der Waals surface area contributed by atoms with Gasteiger partial charge in [-0.25, -0.2) is 9.13 Å². The average Bonchev–Trinajstić information content (AvgIpc) is 3.21. The molecular weight excluding hydrogens is 830 g/mol. The van der Waals surface area contributed by atoms with Crippen LogP contribution in [0.15, 0.2) is 72.9 Å². The van der Waals surface area contributed by atoms with Gasteiger partial charge in [-0.1, -0.05) is 112 Å². The lowest BCUT2D eigenvalue weighted by atomic mass is 10.0. The van der Waals surface area contributed by atoms with Gasteiger partial charge in [0, 0.05) is 12.8 Å². The average molecular weight is 907 g/mol. The van der Waals surface area contributed by atoms with Crippen LogP contribution in [0.5, 0.6) is 0 Å². The predicted octanol–water partition coefficient (Wildman–Crippen LogP) is 8.95. The molecule has 0 aliphatic heterocycles. The van der Waals surface area contributed by atoms with Crippen molar-refractivity contribution in [1.29, 1.82) is 0 Å². The number of unbranched alkanes of at least 4 members (excludes halogenated alkanes) is 8. The topological polar surface area (TPSA) is 236 Å². The minimum Gasteiger partial charge on any atom is -0.462 e. The minimum atomic E-state index is -4.90. The highest BCUT2D eigenvalue weighted by molar-refractivity contribution is 7.47. The summed E-state index contributed by atoms with van der Waals surface area (Å²) in [6.45, 7) is 1.31. The molecule has 61 heavy (non-hydrogen) atoms. The van der Waals surface area contributed by atoms with E-state index in [1.807, 2.05) is 18.2 Å². The van der Waals surface area contributed by atoms with Crippen LogP contribution in [-0.4, -0.2) is 92.8 Å². The van der Waals surface area contributed by atoms with E-state index < -0.39 is 78.4 Å². The zero-order valence-corrected chi connectivity index (χ0v) is 38.2. The molecule has 0 aliphatic rings. The molecule has 0 aromatic heterocycles. The molecule has 17 heteroatoms. The lowest BCUT2D eigenvalue weighted by Crippen LogP contribution is -2.30. The normalized spacial score (nSPS) is 15.7. The van der Waals surface area contributed by atoms with Gasteiger partial charge in [-0.2, -0.15) is 0 Å². The van der Waals surface area contributed by atoms with Crippen LogP contribution in [0.25, 0.3) is 0 Å². The van der Waals surface area contributed by atoms with E-state index >= 15 is 0 Å². The maximum Gasteiger partial charge on any atom is 0.472 e. The van der Waals surface area contributed by atoms with E-state index in [1.165, 1.54) is 38.5 Å². The Hall–Kier alpha value is -2.52. The standard InChI is InChI=1S/C44H76O15P2/c1-3-5-7-9-11-13-15-17-18-19-21-23-25-27-29-33-44(49)59-40(38-58-61(53,54)57-36-39(45)35-56-60(50,51)52)37-55-43(48)34-30-32-42(47)41(46)31-28-26-24-22-20-16-14-12-10-8-6-4-2/h11-14,17-18,20-23,26,28,39-42,45-47H,3-10,15-16,19,24-25,27,29-38H2,1-2H3,(H,53,54)(H2,50,51,52)/b13-11-,14-12-,18-17-,22-20-,23-21-,28-26-/t39-,40+,41?,42?/m0/s1. The third-order valence-corrected chi connectivity index (χ3v) is 10.2. The molecule has 3 unspecified atom stereocenters. The number of ether oxygens (including phenoxy) is 2. The van der Waals surface area contributed by atoms with Gasteiger partial charge in [0.15, 0.2) is 6.10 Å². The zero-order chi connectivity index (χ0) is 45.5. The fourth-order valence-electron chi connectivity index (χ4n) is 5.28. The quantitative estimate of drug-likeness (QED) is 0.0146. The predicted molar refractivity (Wildman–Crippen MR) is 237 cm³/mol. The number of hydrogen-bond acceptors (Lipinski definition) is 12. The first-order valence-electron chi connectivity index (χ1n) is 21.8. The highest BCUT2D eigenvalue weighted by atomic mass is 31.2. The van der Waals surface area contributed by atoms with E-state index in [-0.39, 0.29) is 32.1 Å². The van der Waals surface area contributed by atoms with Crippen LogP contribution in [0.2, 0.25) is 0 Å². The highest BCUT2D eigenvalue weighted by Crippen LogP contribution is 2.43. The highest BCUT2D eigenvalue weighted by Gasteiger charge is 2.28. The number of carbonyl (C=O) groups is 2. The molecule has 0 rings (SSSR count). The van der Waals surface area contributed by atoms with Gasteiger partial charge >= 0.3 is 27.6 Å². The summed E-state index contributed by atoms with van der Waals surface area (Å²) < 4.78 is 47.5. The Kier molecular flexibility index (Phi) is 37.5. The Bertz CT molecular complexity index is 1390. The first-order chi connectivity index (χ1) is 29.2. The van der Waals surface area contributed by atoms with Gasteiger partial charge in [0.1, 0.15) is 12.7 Å². The SMILES string of the molecule is CCCCC/C=C\C/C=C\C/C=C\CCCCC(=O)O[C@H](COC(=O)CCCC(O)C(O)C/C=C\C/C=C\C/C=C\CCCCC)COP(=O)(O)OC[C@@H](O)COP(=O)(O)O. The molecule has 0 spiro atoms. The van der Waals surface area contributed by atoms with E-state index in [0.717, 1.165) is 38.5 Å². The molecule has 0 radical (unpaired) electrons. The Morgan fingerprint density at radius 2 is 0.984 bits per heavy atom. The number of carbonyl (C=O) groups excluding carboxylic acids is 2. The van der Waals surface area contributed by atoms with Crippen molar-refractivity contribution in [2.45, 2.75) is 167 Å². The van der Waals surface area contributed by atoms with Crippen molar-refractivity contribution in [1.82, 2.24) is 0 Å². The molecule has 5 atom stereocenters. The maximum absolute atomic E-state index is 12.7. The van der Waals surface area contributed by atoms with Gasteiger partial charge in [-0.3, -0.25) is 23.2 Å². The molecule has 0 amide bonds. The molecule has 0 aromatic rings. The summed E-state index contributed by atoms with van der Waals surface area (Å²) in [5.41, 5.74) is 0. The number of phosphoric ester groups is 2. The van der Waals surface area contributed by atoms with Crippen LogP contribution >= 0.6 is 15.6 Å². The van der Waals surface area contributed by atoms with Crippen molar-refractivity contribution in [3.05, 3.63) is 72.9 Å². The van der Waals surface area contributed by atoms with Crippen molar-refractivity contribution in [2.75, 3.05) is 26.4 Å². The Balaban J connectivity index is 4.83. The summed E-state index contributed by atoms with van der Waals surface area (Å²) >= 11 is 0. The van der Waals surface area contributed by atoms with Gasteiger partial charge in [-0.05, 0) is 89.9 Å². The second-order valence-electron chi connectivity index (χ2n) is 14.6. The van der Waals surface area contributed by atoms with Crippen LogP contribution < -0.4 is 0 Å². The molecule has 15 nitrogen and oxygen atoms in total. The number of aliphatic hydroxyl groups is 3. The van der Waals surface area contributed by atoms with E-state index in [1.54, 1.807) is 6.08 Å². The van der Waals surface area contributed by atoms with Gasteiger partial charge in [0.25, 0.3) is 0 Å². The molecule has 352 valence electrons. The largest absolute Gasteiger partial charge is 0.472 e. The van der Waals surface area contributed by atoms with Crippen molar-refractivity contribution >= 4 is 27.6 Å². The summed E-state index contributed by atoms with van der Waals surface area (Å²) in [4.78, 5) is 52.7. The summed E-state index contributed by atoms with van der Waals surface area (Å²) in [5, 5.41) is 30.4. The number of aliphatic hydroxyl groups excluding tert-OH is 3. The molecule has 0 saturated heterocycles. The third-order valence-electron chi connectivity index (χ3n) is 8.76. The second-order valence-corrected chi connectivity index (χ2v) is 17.3.